The fraction of sp³-hybridized carbons (Fsp3) is 0.273. The van der Waals surface area contributed by atoms with Gasteiger partial charge in [0.05, 0.1) is 4.92 Å². The average Bonchev–Trinajstić information content (AvgIpc) is 2.27. The first-order valence-electron chi connectivity index (χ1n) is 5.14. The number of hydrogen-bond acceptors (Lipinski definition) is 5. The summed E-state index contributed by atoms with van der Waals surface area (Å²) in [7, 11) is 0. The molecule has 0 saturated heterocycles. The van der Waals surface area contributed by atoms with Gasteiger partial charge in [-0.1, -0.05) is 6.08 Å². The fourth-order valence-electron chi connectivity index (χ4n) is 1.46. The molecule has 0 fully saturated rings. The summed E-state index contributed by atoms with van der Waals surface area (Å²) < 4.78 is 0. The summed E-state index contributed by atoms with van der Waals surface area (Å²) in [6, 6.07) is 1.49. The third kappa shape index (κ3) is 3.27. The molecule has 0 aromatic carbocycles. The largest absolute Gasteiger partial charge is 0.480 e. The lowest BCUT2D eigenvalue weighted by Crippen LogP contribution is -2.30. The molecule has 1 aromatic heterocycles. The molecule has 0 aliphatic rings. The maximum atomic E-state index is 10.7. The summed E-state index contributed by atoms with van der Waals surface area (Å²) in [5.74, 6) is -0.630. The topological polar surface area (TPSA) is 96.6 Å². The van der Waals surface area contributed by atoms with Crippen LogP contribution in [0.3, 0.4) is 0 Å². The molecule has 1 heterocycles. The molecule has 0 aliphatic carbocycles. The minimum Gasteiger partial charge on any atom is -0.480 e. The zero-order chi connectivity index (χ0) is 13.7. The number of nitro groups is 1. The second-order valence-electron chi connectivity index (χ2n) is 3.65. The van der Waals surface area contributed by atoms with Gasteiger partial charge in [0, 0.05) is 12.1 Å². The number of anilines is 1. The molecule has 0 unspecified atom stereocenters. The monoisotopic (exact) mass is 251 g/mol. The molecule has 0 spiro atoms. The molecule has 1 aromatic rings. The van der Waals surface area contributed by atoms with Crippen LogP contribution >= 0.6 is 0 Å². The van der Waals surface area contributed by atoms with Crippen LogP contribution in [-0.2, 0) is 4.79 Å². The Morgan fingerprint density at radius 3 is 2.83 bits per heavy atom. The lowest BCUT2D eigenvalue weighted by Gasteiger charge is -2.19. The van der Waals surface area contributed by atoms with Crippen molar-refractivity contribution in [3.63, 3.8) is 0 Å². The van der Waals surface area contributed by atoms with E-state index in [-0.39, 0.29) is 12.2 Å². The number of nitrogens with zero attached hydrogens (tertiary/aromatic N) is 3. The molecule has 7 heteroatoms. The molecule has 0 atom stereocenters. The summed E-state index contributed by atoms with van der Waals surface area (Å²) in [5.41, 5.74) is 0.345. The third-order valence-electron chi connectivity index (χ3n) is 2.27. The molecular formula is C11H13N3O4. The number of hydrogen-bond donors (Lipinski definition) is 1. The van der Waals surface area contributed by atoms with E-state index in [2.05, 4.69) is 11.6 Å². The van der Waals surface area contributed by atoms with Crippen LogP contribution in [0.1, 0.15) is 5.56 Å². The van der Waals surface area contributed by atoms with Gasteiger partial charge in [-0.3, -0.25) is 14.9 Å². The van der Waals surface area contributed by atoms with E-state index < -0.39 is 10.9 Å². The number of aromatic nitrogens is 1. The molecule has 0 bridgehead atoms. The van der Waals surface area contributed by atoms with Crippen molar-refractivity contribution in [2.24, 2.45) is 0 Å². The number of pyridine rings is 1. The highest BCUT2D eigenvalue weighted by Gasteiger charge is 2.16. The van der Waals surface area contributed by atoms with Crippen molar-refractivity contribution in [2.45, 2.75) is 6.92 Å². The SMILES string of the molecule is C=CCN(CC(=O)O)c1cc(C)c([N+](=O)[O-])cn1. The molecule has 96 valence electrons. The highest BCUT2D eigenvalue weighted by atomic mass is 16.6. The summed E-state index contributed by atoms with van der Waals surface area (Å²) in [5, 5.41) is 19.4. The van der Waals surface area contributed by atoms with Gasteiger partial charge in [-0.2, -0.15) is 0 Å². The molecular weight excluding hydrogens is 238 g/mol. The van der Waals surface area contributed by atoms with Crippen LogP contribution in [0.25, 0.3) is 0 Å². The van der Waals surface area contributed by atoms with E-state index >= 15 is 0 Å². The third-order valence-corrected chi connectivity index (χ3v) is 2.27. The highest BCUT2D eigenvalue weighted by molar-refractivity contribution is 5.73. The van der Waals surface area contributed by atoms with Crippen LogP contribution in [0.4, 0.5) is 11.5 Å². The first kappa shape index (κ1) is 13.6. The summed E-state index contributed by atoms with van der Waals surface area (Å²) in [6.45, 7) is 5.17. The average molecular weight is 251 g/mol. The van der Waals surface area contributed by atoms with Gasteiger partial charge >= 0.3 is 5.97 Å². The molecule has 0 radical (unpaired) electrons. The first-order valence-corrected chi connectivity index (χ1v) is 5.14. The molecule has 7 nitrogen and oxygen atoms in total. The first-order chi connectivity index (χ1) is 8.45. The number of aliphatic carboxylic acids is 1. The molecule has 0 saturated carbocycles. The Morgan fingerprint density at radius 1 is 1.72 bits per heavy atom. The normalized spacial score (nSPS) is 9.83. The van der Waals surface area contributed by atoms with Crippen LogP contribution < -0.4 is 4.90 Å². The van der Waals surface area contributed by atoms with Crippen molar-refractivity contribution in [1.82, 2.24) is 4.98 Å². The molecule has 18 heavy (non-hydrogen) atoms. The zero-order valence-electron chi connectivity index (χ0n) is 9.87. The van der Waals surface area contributed by atoms with Crippen molar-refractivity contribution in [3.8, 4) is 0 Å². The minimum absolute atomic E-state index is 0.0902. The second kappa shape index (κ2) is 5.76. The Bertz CT molecular complexity index is 487. The predicted molar refractivity (Wildman–Crippen MR) is 65.7 cm³/mol. The Labute approximate surface area is 104 Å². The van der Waals surface area contributed by atoms with Crippen LogP contribution in [-0.4, -0.2) is 34.1 Å². The van der Waals surface area contributed by atoms with E-state index in [1.54, 1.807) is 13.0 Å². The number of rotatable bonds is 6. The van der Waals surface area contributed by atoms with E-state index in [0.717, 1.165) is 6.20 Å². The number of carbonyl (C=O) groups is 1. The van der Waals surface area contributed by atoms with Gasteiger partial charge in [-0.25, -0.2) is 4.98 Å². The van der Waals surface area contributed by atoms with Gasteiger partial charge in [0.25, 0.3) is 5.69 Å². The standard InChI is InChI=1S/C11H13N3O4/c1-3-4-13(7-11(15)16)10-5-8(2)9(6-12-10)14(17)18/h3,5-6H,1,4,7H2,2H3,(H,15,16). The van der Waals surface area contributed by atoms with E-state index in [1.165, 1.54) is 11.0 Å². The maximum Gasteiger partial charge on any atom is 0.323 e. The van der Waals surface area contributed by atoms with E-state index in [1.807, 2.05) is 0 Å². The lowest BCUT2D eigenvalue weighted by atomic mass is 10.2. The van der Waals surface area contributed by atoms with Crippen molar-refractivity contribution in [3.05, 3.63) is 40.6 Å². The van der Waals surface area contributed by atoms with Crippen molar-refractivity contribution < 1.29 is 14.8 Å². The van der Waals surface area contributed by atoms with Gasteiger partial charge in [0.1, 0.15) is 18.6 Å². The van der Waals surface area contributed by atoms with Crippen LogP contribution in [0, 0.1) is 17.0 Å². The van der Waals surface area contributed by atoms with Gasteiger partial charge in [-0.05, 0) is 13.0 Å². The van der Waals surface area contributed by atoms with E-state index in [4.69, 9.17) is 5.11 Å². The smallest absolute Gasteiger partial charge is 0.323 e. The second-order valence-corrected chi connectivity index (χ2v) is 3.65. The van der Waals surface area contributed by atoms with Crippen LogP contribution in [0.5, 0.6) is 0 Å². The Morgan fingerprint density at radius 2 is 2.39 bits per heavy atom. The lowest BCUT2D eigenvalue weighted by molar-refractivity contribution is -0.385. The Balaban J connectivity index is 3.06. The van der Waals surface area contributed by atoms with Crippen molar-refractivity contribution in [2.75, 3.05) is 18.0 Å². The summed E-state index contributed by atoms with van der Waals surface area (Å²) in [4.78, 5) is 26.2. The van der Waals surface area contributed by atoms with Gasteiger partial charge in [-0.15, -0.1) is 6.58 Å². The molecule has 1 rings (SSSR count). The fourth-order valence-corrected chi connectivity index (χ4v) is 1.46. The van der Waals surface area contributed by atoms with E-state index in [0.29, 0.717) is 17.9 Å². The molecule has 0 aliphatic heterocycles. The maximum absolute atomic E-state index is 10.7. The molecule has 1 N–H and O–H groups in total. The van der Waals surface area contributed by atoms with E-state index in [9.17, 15) is 14.9 Å². The number of aryl methyl sites for hydroxylation is 1. The minimum atomic E-state index is -1.00. The number of carboxylic acid groups (broad SMARTS) is 1. The van der Waals surface area contributed by atoms with Crippen LogP contribution in [0.2, 0.25) is 0 Å². The van der Waals surface area contributed by atoms with Gasteiger partial charge in [0.15, 0.2) is 0 Å². The quantitative estimate of drug-likeness (QED) is 0.466. The molecule has 0 amide bonds. The summed E-state index contributed by atoms with van der Waals surface area (Å²) in [6.07, 6.45) is 2.67. The summed E-state index contributed by atoms with van der Waals surface area (Å²) >= 11 is 0. The van der Waals surface area contributed by atoms with Gasteiger partial charge < -0.3 is 10.0 Å². The van der Waals surface area contributed by atoms with Crippen molar-refractivity contribution in [1.29, 1.82) is 0 Å². The Hall–Kier alpha value is -2.44. The zero-order valence-corrected chi connectivity index (χ0v) is 9.87. The predicted octanol–water partition coefficient (Wildman–Crippen LogP) is 1.38. The highest BCUT2D eigenvalue weighted by Crippen LogP contribution is 2.21. The number of carboxylic acids is 1. The van der Waals surface area contributed by atoms with Gasteiger partial charge in [0.2, 0.25) is 0 Å². The Kier molecular flexibility index (Phi) is 4.36. The van der Waals surface area contributed by atoms with Crippen molar-refractivity contribution >= 4 is 17.5 Å². The van der Waals surface area contributed by atoms with Crippen LogP contribution in [0.15, 0.2) is 24.9 Å².